The number of hydrogen-bond donors (Lipinski definition) is 2. The fraction of sp³-hybridized carbons (Fsp3) is 0.571. The fourth-order valence-electron chi connectivity index (χ4n) is 2.44. The van der Waals surface area contributed by atoms with E-state index < -0.39 is 0 Å². The van der Waals surface area contributed by atoms with E-state index in [-0.39, 0.29) is 17.8 Å². The van der Waals surface area contributed by atoms with Crippen molar-refractivity contribution in [3.63, 3.8) is 0 Å². The minimum Gasteiger partial charge on any atom is -0.508 e. The lowest BCUT2D eigenvalue weighted by molar-refractivity contribution is 0.0252. The minimum absolute atomic E-state index is 0.0883. The average molecular weight is 222 g/mol. The number of rotatable bonds is 4. The van der Waals surface area contributed by atoms with E-state index in [4.69, 9.17) is 0 Å². The summed E-state index contributed by atoms with van der Waals surface area (Å²) in [6.07, 6.45) is 7.12. The summed E-state index contributed by atoms with van der Waals surface area (Å²) in [4.78, 5) is 0. The topological polar surface area (TPSA) is 40.5 Å². The standard InChI is InChI=1S/C14H22O2/c1-4-6-12(11(3)15)9-13-8-5-7-10(2)14(13)16/h4,6,10,13-16H,1,3,5,7-9H2,2H3/b12-6-. The molecular formula is C14H22O2. The molecule has 0 radical (unpaired) electrons. The van der Waals surface area contributed by atoms with Crippen LogP contribution in [0, 0.1) is 11.8 Å². The first-order valence-electron chi connectivity index (χ1n) is 5.94. The predicted octanol–water partition coefficient (Wildman–Crippen LogP) is 3.36. The minimum atomic E-state index is -0.263. The van der Waals surface area contributed by atoms with Crippen LogP contribution in [0.4, 0.5) is 0 Å². The molecule has 0 aliphatic heterocycles. The van der Waals surface area contributed by atoms with Crippen LogP contribution in [0.3, 0.4) is 0 Å². The zero-order valence-electron chi connectivity index (χ0n) is 10.0. The van der Waals surface area contributed by atoms with Gasteiger partial charge in [0.15, 0.2) is 0 Å². The molecule has 0 aromatic heterocycles. The van der Waals surface area contributed by atoms with Gasteiger partial charge in [-0.05, 0) is 36.7 Å². The van der Waals surface area contributed by atoms with Crippen LogP contribution in [-0.2, 0) is 0 Å². The van der Waals surface area contributed by atoms with Gasteiger partial charge in [0.05, 0.1) is 6.10 Å². The van der Waals surface area contributed by atoms with E-state index >= 15 is 0 Å². The van der Waals surface area contributed by atoms with Crippen molar-refractivity contribution in [3.8, 4) is 0 Å². The third-order valence-electron chi connectivity index (χ3n) is 3.47. The molecule has 90 valence electrons. The van der Waals surface area contributed by atoms with Crippen molar-refractivity contribution in [2.75, 3.05) is 0 Å². The van der Waals surface area contributed by atoms with Gasteiger partial charge in [-0.2, -0.15) is 0 Å². The molecule has 0 aromatic carbocycles. The lowest BCUT2D eigenvalue weighted by Crippen LogP contribution is -2.32. The molecule has 1 saturated carbocycles. The van der Waals surface area contributed by atoms with Gasteiger partial charge in [0.2, 0.25) is 0 Å². The maximum Gasteiger partial charge on any atom is 0.111 e. The maximum absolute atomic E-state index is 10.1. The van der Waals surface area contributed by atoms with Crippen molar-refractivity contribution in [2.45, 2.75) is 38.7 Å². The average Bonchev–Trinajstić information content (AvgIpc) is 2.23. The van der Waals surface area contributed by atoms with Gasteiger partial charge in [-0.3, -0.25) is 0 Å². The number of hydrogen-bond acceptors (Lipinski definition) is 2. The molecule has 0 heterocycles. The molecule has 0 spiro atoms. The molecule has 0 bridgehead atoms. The number of aliphatic hydroxyl groups is 2. The van der Waals surface area contributed by atoms with E-state index in [9.17, 15) is 10.2 Å². The van der Waals surface area contributed by atoms with Crippen molar-refractivity contribution in [1.82, 2.24) is 0 Å². The third kappa shape index (κ3) is 3.24. The zero-order valence-corrected chi connectivity index (χ0v) is 10.0. The summed E-state index contributed by atoms with van der Waals surface area (Å²) < 4.78 is 0. The smallest absolute Gasteiger partial charge is 0.111 e. The highest BCUT2D eigenvalue weighted by atomic mass is 16.3. The van der Waals surface area contributed by atoms with Gasteiger partial charge in [-0.25, -0.2) is 0 Å². The van der Waals surface area contributed by atoms with Crippen molar-refractivity contribution in [3.05, 3.63) is 36.6 Å². The van der Waals surface area contributed by atoms with Gasteiger partial charge in [0, 0.05) is 0 Å². The normalized spacial score (nSPS) is 31.1. The first-order valence-corrected chi connectivity index (χ1v) is 5.94. The highest BCUT2D eigenvalue weighted by Crippen LogP contribution is 2.34. The fourth-order valence-corrected chi connectivity index (χ4v) is 2.44. The SMILES string of the molecule is C=C/C=C(/CC1CCCC(C)C1O)C(=C)O. The van der Waals surface area contributed by atoms with Gasteiger partial charge >= 0.3 is 0 Å². The van der Waals surface area contributed by atoms with E-state index in [1.54, 1.807) is 12.2 Å². The van der Waals surface area contributed by atoms with Crippen LogP contribution in [0.5, 0.6) is 0 Å². The van der Waals surface area contributed by atoms with Gasteiger partial charge in [0.25, 0.3) is 0 Å². The Hall–Kier alpha value is -1.02. The second kappa shape index (κ2) is 5.90. The predicted molar refractivity (Wildman–Crippen MR) is 67.2 cm³/mol. The Balaban J connectivity index is 2.67. The summed E-state index contributed by atoms with van der Waals surface area (Å²) in [5.41, 5.74) is 0.785. The highest BCUT2D eigenvalue weighted by molar-refractivity contribution is 5.26. The molecule has 2 N–H and O–H groups in total. The van der Waals surface area contributed by atoms with Gasteiger partial charge in [0.1, 0.15) is 5.76 Å². The molecule has 1 aliphatic rings. The zero-order chi connectivity index (χ0) is 12.1. The van der Waals surface area contributed by atoms with Crippen LogP contribution in [0.15, 0.2) is 36.6 Å². The molecule has 0 aromatic rings. The third-order valence-corrected chi connectivity index (χ3v) is 3.47. The van der Waals surface area contributed by atoms with E-state index in [1.165, 1.54) is 0 Å². The summed E-state index contributed by atoms with van der Waals surface area (Å²) in [7, 11) is 0. The largest absolute Gasteiger partial charge is 0.508 e. The summed E-state index contributed by atoms with van der Waals surface area (Å²) in [6.45, 7) is 9.25. The van der Waals surface area contributed by atoms with Crippen molar-refractivity contribution >= 4 is 0 Å². The van der Waals surface area contributed by atoms with E-state index in [2.05, 4.69) is 20.1 Å². The first-order chi connectivity index (χ1) is 7.56. The van der Waals surface area contributed by atoms with Crippen molar-refractivity contribution in [1.29, 1.82) is 0 Å². The van der Waals surface area contributed by atoms with E-state index in [1.807, 2.05) is 0 Å². The molecule has 1 rings (SSSR count). The van der Waals surface area contributed by atoms with Crippen LogP contribution in [0.2, 0.25) is 0 Å². The molecule has 0 saturated heterocycles. The Bertz CT molecular complexity index is 291. The maximum atomic E-state index is 10.1. The lowest BCUT2D eigenvalue weighted by Gasteiger charge is -2.33. The summed E-state index contributed by atoms with van der Waals surface area (Å²) in [5.74, 6) is 0.680. The van der Waals surface area contributed by atoms with Crippen molar-refractivity contribution in [2.24, 2.45) is 11.8 Å². The van der Waals surface area contributed by atoms with Crippen LogP contribution < -0.4 is 0 Å². The highest BCUT2D eigenvalue weighted by Gasteiger charge is 2.29. The van der Waals surface area contributed by atoms with Crippen LogP contribution in [0.25, 0.3) is 0 Å². The lowest BCUT2D eigenvalue weighted by atomic mass is 9.76. The van der Waals surface area contributed by atoms with Crippen LogP contribution >= 0.6 is 0 Å². The summed E-state index contributed by atoms with van der Waals surface area (Å²) in [6, 6.07) is 0. The summed E-state index contributed by atoms with van der Waals surface area (Å²) in [5, 5.41) is 19.5. The molecule has 1 aliphatic carbocycles. The Morgan fingerprint density at radius 2 is 2.12 bits per heavy atom. The molecular weight excluding hydrogens is 200 g/mol. The monoisotopic (exact) mass is 222 g/mol. The Kier molecular flexibility index (Phi) is 4.81. The molecule has 2 heteroatoms. The van der Waals surface area contributed by atoms with E-state index in [0.717, 1.165) is 24.8 Å². The molecule has 3 atom stereocenters. The van der Waals surface area contributed by atoms with E-state index in [0.29, 0.717) is 12.3 Å². The van der Waals surface area contributed by atoms with Crippen LogP contribution in [-0.4, -0.2) is 16.3 Å². The van der Waals surface area contributed by atoms with Gasteiger partial charge in [-0.1, -0.05) is 38.7 Å². The Morgan fingerprint density at radius 1 is 1.44 bits per heavy atom. The Morgan fingerprint density at radius 3 is 2.69 bits per heavy atom. The quantitative estimate of drug-likeness (QED) is 0.565. The van der Waals surface area contributed by atoms with Crippen LogP contribution in [0.1, 0.15) is 32.6 Å². The molecule has 16 heavy (non-hydrogen) atoms. The summed E-state index contributed by atoms with van der Waals surface area (Å²) >= 11 is 0. The Labute approximate surface area is 98.0 Å². The second-order valence-electron chi connectivity index (χ2n) is 4.74. The van der Waals surface area contributed by atoms with Gasteiger partial charge < -0.3 is 10.2 Å². The van der Waals surface area contributed by atoms with Crippen molar-refractivity contribution < 1.29 is 10.2 Å². The first kappa shape index (κ1) is 13.0. The van der Waals surface area contributed by atoms with Gasteiger partial charge in [-0.15, -0.1) is 0 Å². The molecule has 1 fully saturated rings. The number of aliphatic hydroxyl groups excluding tert-OH is 2. The molecule has 0 amide bonds. The number of allylic oxidation sites excluding steroid dienone is 3. The molecule has 2 nitrogen and oxygen atoms in total. The second-order valence-corrected chi connectivity index (χ2v) is 4.74. The molecule has 3 unspecified atom stereocenters.